The first-order valence-electron chi connectivity index (χ1n) is 7.16. The summed E-state index contributed by atoms with van der Waals surface area (Å²) in [5.74, 6) is 0.236. The molecule has 4 heteroatoms. The van der Waals surface area contributed by atoms with Gasteiger partial charge in [0, 0.05) is 50.2 Å². The van der Waals surface area contributed by atoms with Crippen LogP contribution in [0.2, 0.25) is 10.0 Å². The number of aromatic nitrogens is 2. The molecular formula is C18H14Cl2N2. The van der Waals surface area contributed by atoms with Crippen LogP contribution in [0.5, 0.6) is 0 Å². The minimum atomic E-state index is 0.236. The second-order valence-corrected chi connectivity index (χ2v) is 6.46. The lowest BCUT2D eigenvalue weighted by Gasteiger charge is -2.10. The predicted molar refractivity (Wildman–Crippen MR) is 94.1 cm³/mol. The summed E-state index contributed by atoms with van der Waals surface area (Å²) in [6, 6.07) is 11.9. The highest BCUT2D eigenvalue weighted by Gasteiger charge is 2.17. The second-order valence-electron chi connectivity index (χ2n) is 5.59. The van der Waals surface area contributed by atoms with Crippen LogP contribution < -0.4 is 0 Å². The summed E-state index contributed by atoms with van der Waals surface area (Å²) in [5, 5.41) is 3.83. The highest BCUT2D eigenvalue weighted by Crippen LogP contribution is 2.35. The maximum absolute atomic E-state index is 6.16. The standard InChI is InChI=1S/C18H14Cl2N2/c1-10(15-8-21-17-4-2-11(19)6-13(15)17)16-9-22-18-5-3-12(20)7-14(16)18/h2-10,21-22H,1H3. The van der Waals surface area contributed by atoms with Crippen molar-refractivity contribution in [3.05, 3.63) is 70.0 Å². The van der Waals surface area contributed by atoms with Crippen LogP contribution in [-0.4, -0.2) is 9.97 Å². The van der Waals surface area contributed by atoms with Crippen LogP contribution >= 0.6 is 23.2 Å². The molecule has 2 nitrogen and oxygen atoms in total. The number of H-pyrrole nitrogens is 2. The van der Waals surface area contributed by atoms with E-state index in [0.29, 0.717) is 0 Å². The highest BCUT2D eigenvalue weighted by atomic mass is 35.5. The van der Waals surface area contributed by atoms with Gasteiger partial charge in [-0.15, -0.1) is 0 Å². The molecule has 0 aliphatic rings. The molecule has 4 rings (SSSR count). The van der Waals surface area contributed by atoms with Gasteiger partial charge in [-0.05, 0) is 47.5 Å². The van der Waals surface area contributed by atoms with Gasteiger partial charge in [-0.25, -0.2) is 0 Å². The number of benzene rings is 2. The Balaban J connectivity index is 1.90. The zero-order valence-electron chi connectivity index (χ0n) is 12.0. The van der Waals surface area contributed by atoms with Gasteiger partial charge in [-0.3, -0.25) is 0 Å². The Morgan fingerprint density at radius 2 is 1.23 bits per heavy atom. The molecule has 22 heavy (non-hydrogen) atoms. The van der Waals surface area contributed by atoms with E-state index in [-0.39, 0.29) is 5.92 Å². The van der Waals surface area contributed by atoms with Gasteiger partial charge in [0.2, 0.25) is 0 Å². The first kappa shape index (κ1) is 13.7. The fourth-order valence-corrected chi connectivity index (χ4v) is 3.46. The van der Waals surface area contributed by atoms with E-state index in [4.69, 9.17) is 23.2 Å². The summed E-state index contributed by atoms with van der Waals surface area (Å²) >= 11 is 12.3. The summed E-state index contributed by atoms with van der Waals surface area (Å²) in [4.78, 5) is 6.65. The van der Waals surface area contributed by atoms with E-state index < -0.39 is 0 Å². The van der Waals surface area contributed by atoms with E-state index in [9.17, 15) is 0 Å². The van der Waals surface area contributed by atoms with Gasteiger partial charge >= 0.3 is 0 Å². The lowest BCUT2D eigenvalue weighted by Crippen LogP contribution is -1.93. The predicted octanol–water partition coefficient (Wildman–Crippen LogP) is 6.11. The van der Waals surface area contributed by atoms with E-state index in [0.717, 1.165) is 31.9 Å². The molecule has 0 bridgehead atoms. The molecule has 0 aliphatic heterocycles. The molecule has 0 fully saturated rings. The monoisotopic (exact) mass is 328 g/mol. The van der Waals surface area contributed by atoms with Crippen molar-refractivity contribution in [3.8, 4) is 0 Å². The van der Waals surface area contributed by atoms with Crippen LogP contribution in [0, 0.1) is 0 Å². The Bertz CT molecular complexity index is 901. The van der Waals surface area contributed by atoms with Crippen LogP contribution in [-0.2, 0) is 0 Å². The minimum Gasteiger partial charge on any atom is -0.361 e. The molecule has 0 spiro atoms. The van der Waals surface area contributed by atoms with Crippen molar-refractivity contribution in [2.45, 2.75) is 12.8 Å². The number of hydrogen-bond acceptors (Lipinski definition) is 0. The molecule has 2 N–H and O–H groups in total. The van der Waals surface area contributed by atoms with E-state index >= 15 is 0 Å². The molecule has 2 aromatic heterocycles. The number of aromatic amines is 2. The first-order valence-corrected chi connectivity index (χ1v) is 7.92. The molecule has 0 aliphatic carbocycles. The third kappa shape index (κ3) is 2.11. The highest BCUT2D eigenvalue weighted by molar-refractivity contribution is 6.31. The van der Waals surface area contributed by atoms with Crippen LogP contribution in [0.15, 0.2) is 48.8 Å². The molecule has 110 valence electrons. The molecule has 0 atom stereocenters. The van der Waals surface area contributed by atoms with Crippen molar-refractivity contribution in [1.29, 1.82) is 0 Å². The molecule has 0 unspecified atom stereocenters. The maximum Gasteiger partial charge on any atom is 0.0458 e. The quantitative estimate of drug-likeness (QED) is 0.445. The molecule has 4 aromatic rings. The van der Waals surface area contributed by atoms with Crippen LogP contribution in [0.4, 0.5) is 0 Å². The lowest BCUT2D eigenvalue weighted by molar-refractivity contribution is 0.942. The Kier molecular flexibility index (Phi) is 3.17. The van der Waals surface area contributed by atoms with Crippen molar-refractivity contribution in [2.75, 3.05) is 0 Å². The van der Waals surface area contributed by atoms with Crippen LogP contribution in [0.1, 0.15) is 24.0 Å². The first-order chi connectivity index (χ1) is 10.6. The molecule has 0 radical (unpaired) electrons. The maximum atomic E-state index is 6.16. The fourth-order valence-electron chi connectivity index (χ4n) is 3.11. The largest absolute Gasteiger partial charge is 0.361 e. The zero-order valence-corrected chi connectivity index (χ0v) is 13.5. The Morgan fingerprint density at radius 3 is 1.68 bits per heavy atom. The topological polar surface area (TPSA) is 31.6 Å². The number of fused-ring (bicyclic) bond motifs is 2. The lowest BCUT2D eigenvalue weighted by atomic mass is 9.92. The summed E-state index contributed by atoms with van der Waals surface area (Å²) in [5.41, 5.74) is 4.67. The number of rotatable bonds is 2. The zero-order chi connectivity index (χ0) is 15.3. The van der Waals surface area contributed by atoms with Crippen molar-refractivity contribution >= 4 is 45.0 Å². The SMILES string of the molecule is CC(c1c[nH]c2ccc(Cl)cc12)c1c[nH]c2ccc(Cl)cc12. The number of halogens is 2. The Morgan fingerprint density at radius 1 is 0.773 bits per heavy atom. The number of hydrogen-bond donors (Lipinski definition) is 2. The van der Waals surface area contributed by atoms with Crippen molar-refractivity contribution in [3.63, 3.8) is 0 Å². The Hall–Kier alpha value is -1.90. The number of nitrogens with one attached hydrogen (secondary N) is 2. The third-order valence-corrected chi connectivity index (χ3v) is 4.75. The molecule has 0 amide bonds. The van der Waals surface area contributed by atoms with E-state index in [1.54, 1.807) is 0 Å². The molecule has 2 heterocycles. The Labute approximate surface area is 138 Å². The van der Waals surface area contributed by atoms with Gasteiger partial charge in [-0.1, -0.05) is 30.1 Å². The van der Waals surface area contributed by atoms with Gasteiger partial charge in [0.25, 0.3) is 0 Å². The summed E-state index contributed by atoms with van der Waals surface area (Å²) in [7, 11) is 0. The smallest absolute Gasteiger partial charge is 0.0458 e. The third-order valence-electron chi connectivity index (χ3n) is 4.28. The van der Waals surface area contributed by atoms with Gasteiger partial charge in [0.15, 0.2) is 0 Å². The van der Waals surface area contributed by atoms with Crippen molar-refractivity contribution in [1.82, 2.24) is 9.97 Å². The van der Waals surface area contributed by atoms with E-state index in [1.165, 1.54) is 11.1 Å². The average Bonchev–Trinajstić information content (AvgIpc) is 3.09. The van der Waals surface area contributed by atoms with Crippen molar-refractivity contribution < 1.29 is 0 Å². The normalized spacial score (nSPS) is 11.8. The molecule has 0 saturated heterocycles. The average molecular weight is 329 g/mol. The summed E-state index contributed by atoms with van der Waals surface area (Å²) in [6.45, 7) is 2.20. The van der Waals surface area contributed by atoms with Crippen molar-refractivity contribution in [2.24, 2.45) is 0 Å². The van der Waals surface area contributed by atoms with Gasteiger partial charge in [0.05, 0.1) is 0 Å². The fraction of sp³-hybridized carbons (Fsp3) is 0.111. The molecule has 2 aromatic carbocycles. The van der Waals surface area contributed by atoms with Crippen LogP contribution in [0.3, 0.4) is 0 Å². The van der Waals surface area contributed by atoms with Gasteiger partial charge in [0.1, 0.15) is 0 Å². The summed E-state index contributed by atoms with van der Waals surface area (Å²) < 4.78 is 0. The van der Waals surface area contributed by atoms with Crippen LogP contribution in [0.25, 0.3) is 21.8 Å². The minimum absolute atomic E-state index is 0.236. The van der Waals surface area contributed by atoms with E-state index in [2.05, 4.69) is 29.3 Å². The van der Waals surface area contributed by atoms with Gasteiger partial charge < -0.3 is 9.97 Å². The molecule has 0 saturated carbocycles. The molecular weight excluding hydrogens is 315 g/mol. The van der Waals surface area contributed by atoms with Gasteiger partial charge in [-0.2, -0.15) is 0 Å². The second kappa shape index (κ2) is 5.08. The van der Waals surface area contributed by atoms with E-state index in [1.807, 2.05) is 36.4 Å². The summed E-state index contributed by atoms with van der Waals surface area (Å²) in [6.07, 6.45) is 4.13.